The molecule has 0 radical (unpaired) electrons. The fraction of sp³-hybridized carbons (Fsp3) is 0.875. The van der Waals surface area contributed by atoms with Crippen LogP contribution >= 0.6 is 0 Å². The predicted octanol–water partition coefficient (Wildman–Crippen LogP) is 5.05. The van der Waals surface area contributed by atoms with Crippen LogP contribution in [0.2, 0.25) is 0 Å². The highest BCUT2D eigenvalue weighted by Crippen LogP contribution is 2.55. The SMILES string of the molecule is CCC(C)(C)CC(C(=O)O)C(O)(C(=O)O)C(CC(C)(C)CC)(CC(C)(C)CC)C(=O)O. The molecule has 0 aromatic rings. The predicted molar refractivity (Wildman–Crippen MR) is 120 cm³/mol. The van der Waals surface area contributed by atoms with Crippen molar-refractivity contribution in [2.75, 3.05) is 0 Å². The lowest BCUT2D eigenvalue weighted by Gasteiger charge is -2.51. The molecule has 0 saturated carbocycles. The Morgan fingerprint density at radius 1 is 0.677 bits per heavy atom. The van der Waals surface area contributed by atoms with Crippen LogP contribution in [0.5, 0.6) is 0 Å². The third kappa shape index (κ3) is 6.43. The van der Waals surface area contributed by atoms with Gasteiger partial charge >= 0.3 is 17.9 Å². The van der Waals surface area contributed by atoms with E-state index in [1.165, 1.54) is 0 Å². The summed E-state index contributed by atoms with van der Waals surface area (Å²) in [5.74, 6) is -6.55. The maximum atomic E-state index is 12.9. The summed E-state index contributed by atoms with van der Waals surface area (Å²) in [6, 6.07) is 0. The number of hydrogen-bond donors (Lipinski definition) is 4. The lowest BCUT2D eigenvalue weighted by Crippen LogP contribution is -2.66. The van der Waals surface area contributed by atoms with E-state index in [9.17, 15) is 34.8 Å². The van der Waals surface area contributed by atoms with Crippen LogP contribution < -0.4 is 0 Å². The van der Waals surface area contributed by atoms with Crippen molar-refractivity contribution in [3.05, 3.63) is 0 Å². The van der Waals surface area contributed by atoms with Gasteiger partial charge in [-0.1, -0.05) is 81.6 Å². The molecule has 7 nitrogen and oxygen atoms in total. The standard InChI is InChI=1S/C24H44O7/c1-10-20(4,5)13-16(17(25)26)24(31,19(29)30)23(18(27)28,14-21(6,7)11-2)15-22(8,9)12-3/h16,31H,10-15H2,1-9H3,(H,25,26)(H,27,28)(H,29,30). The lowest BCUT2D eigenvalue weighted by atomic mass is 9.53. The van der Waals surface area contributed by atoms with Crippen molar-refractivity contribution >= 4 is 17.9 Å². The van der Waals surface area contributed by atoms with Gasteiger partial charge in [-0.2, -0.15) is 0 Å². The topological polar surface area (TPSA) is 132 Å². The van der Waals surface area contributed by atoms with Crippen molar-refractivity contribution in [3.63, 3.8) is 0 Å². The summed E-state index contributed by atoms with van der Waals surface area (Å²) < 4.78 is 0. The molecule has 0 bridgehead atoms. The van der Waals surface area contributed by atoms with E-state index in [1.807, 2.05) is 48.5 Å². The van der Waals surface area contributed by atoms with Crippen LogP contribution in [0.3, 0.4) is 0 Å². The molecule has 31 heavy (non-hydrogen) atoms. The van der Waals surface area contributed by atoms with Gasteiger partial charge in [0.1, 0.15) is 5.41 Å². The molecule has 0 aliphatic carbocycles. The molecule has 2 unspecified atom stereocenters. The molecule has 0 aliphatic heterocycles. The van der Waals surface area contributed by atoms with Crippen molar-refractivity contribution < 1.29 is 34.8 Å². The molecule has 0 fully saturated rings. The van der Waals surface area contributed by atoms with Gasteiger partial charge in [0.2, 0.25) is 0 Å². The molecule has 0 aromatic carbocycles. The zero-order chi connectivity index (χ0) is 25.1. The number of hydrogen-bond acceptors (Lipinski definition) is 4. The van der Waals surface area contributed by atoms with Gasteiger partial charge < -0.3 is 20.4 Å². The molecule has 0 spiro atoms. The summed E-state index contributed by atoms with van der Waals surface area (Å²) >= 11 is 0. The normalized spacial score (nSPS) is 16.5. The average molecular weight is 445 g/mol. The molecule has 0 heterocycles. The zero-order valence-electron chi connectivity index (χ0n) is 20.8. The van der Waals surface area contributed by atoms with Gasteiger partial charge in [0, 0.05) is 0 Å². The molecule has 0 rings (SSSR count). The maximum absolute atomic E-state index is 12.9. The Kier molecular flexibility index (Phi) is 9.36. The van der Waals surface area contributed by atoms with Crippen molar-refractivity contribution in [1.29, 1.82) is 0 Å². The molecule has 0 saturated heterocycles. The highest BCUT2D eigenvalue weighted by molar-refractivity contribution is 5.93. The molecule has 4 N–H and O–H groups in total. The van der Waals surface area contributed by atoms with E-state index < -0.39 is 51.1 Å². The van der Waals surface area contributed by atoms with Crippen molar-refractivity contribution in [2.24, 2.45) is 27.6 Å². The first kappa shape index (κ1) is 29.4. The van der Waals surface area contributed by atoms with Crippen molar-refractivity contribution in [1.82, 2.24) is 0 Å². The fourth-order valence-corrected chi connectivity index (χ4v) is 4.33. The number of carboxylic acid groups (broad SMARTS) is 3. The second kappa shape index (κ2) is 9.88. The van der Waals surface area contributed by atoms with Gasteiger partial charge in [0.25, 0.3) is 0 Å². The van der Waals surface area contributed by atoms with Crippen molar-refractivity contribution in [2.45, 2.75) is 106 Å². The Hall–Kier alpha value is -1.63. The molecule has 182 valence electrons. The second-order valence-corrected chi connectivity index (χ2v) is 11.5. The number of aliphatic carboxylic acids is 3. The summed E-state index contributed by atoms with van der Waals surface area (Å²) in [4.78, 5) is 37.9. The molecule has 7 heteroatoms. The van der Waals surface area contributed by atoms with Crippen molar-refractivity contribution in [3.8, 4) is 0 Å². The lowest BCUT2D eigenvalue weighted by molar-refractivity contribution is -0.215. The molecule has 2 atom stereocenters. The van der Waals surface area contributed by atoms with E-state index in [0.29, 0.717) is 19.3 Å². The smallest absolute Gasteiger partial charge is 0.337 e. The molecular weight excluding hydrogens is 400 g/mol. The Morgan fingerprint density at radius 2 is 1.03 bits per heavy atom. The molecular formula is C24H44O7. The zero-order valence-corrected chi connectivity index (χ0v) is 20.8. The van der Waals surface area contributed by atoms with Crippen LogP contribution in [0.15, 0.2) is 0 Å². The molecule has 0 aromatic heterocycles. The molecule has 0 amide bonds. The minimum Gasteiger partial charge on any atom is -0.481 e. The maximum Gasteiger partial charge on any atom is 0.337 e. The van der Waals surface area contributed by atoms with E-state index in [1.54, 1.807) is 13.8 Å². The van der Waals surface area contributed by atoms with Gasteiger partial charge in [0.05, 0.1) is 5.92 Å². The van der Waals surface area contributed by atoms with E-state index in [4.69, 9.17) is 0 Å². The Balaban J connectivity index is 7.28. The van der Waals surface area contributed by atoms with Crippen LogP contribution in [-0.4, -0.2) is 43.9 Å². The second-order valence-electron chi connectivity index (χ2n) is 11.5. The van der Waals surface area contributed by atoms with E-state index in [-0.39, 0.29) is 19.3 Å². The minimum absolute atomic E-state index is 0.157. The Morgan fingerprint density at radius 3 is 1.26 bits per heavy atom. The largest absolute Gasteiger partial charge is 0.481 e. The monoisotopic (exact) mass is 444 g/mol. The molecule has 0 aliphatic rings. The first-order valence-corrected chi connectivity index (χ1v) is 11.2. The van der Waals surface area contributed by atoms with Crippen LogP contribution in [0.25, 0.3) is 0 Å². The van der Waals surface area contributed by atoms with Gasteiger partial charge in [-0.3, -0.25) is 9.59 Å². The van der Waals surface area contributed by atoms with Crippen LogP contribution in [0, 0.1) is 27.6 Å². The summed E-state index contributed by atoms with van der Waals surface area (Å²) in [6.45, 7) is 16.4. The number of aliphatic hydroxyl groups is 1. The van der Waals surface area contributed by atoms with E-state index in [2.05, 4.69) is 0 Å². The van der Waals surface area contributed by atoms with Gasteiger partial charge in [0.15, 0.2) is 5.60 Å². The van der Waals surface area contributed by atoms with Crippen LogP contribution in [0.4, 0.5) is 0 Å². The van der Waals surface area contributed by atoms with Gasteiger partial charge in [-0.05, 0) is 35.5 Å². The quantitative estimate of drug-likeness (QED) is 0.294. The highest BCUT2D eigenvalue weighted by Gasteiger charge is 2.68. The summed E-state index contributed by atoms with van der Waals surface area (Å²) in [6.07, 6.45) is 1.16. The summed E-state index contributed by atoms with van der Waals surface area (Å²) in [7, 11) is 0. The van der Waals surface area contributed by atoms with Gasteiger partial charge in [-0.15, -0.1) is 0 Å². The first-order valence-electron chi connectivity index (χ1n) is 11.2. The number of carboxylic acids is 3. The van der Waals surface area contributed by atoms with Crippen LogP contribution in [-0.2, 0) is 14.4 Å². The van der Waals surface area contributed by atoms with Crippen LogP contribution in [0.1, 0.15) is 101 Å². The Labute approximate surface area is 187 Å². The summed E-state index contributed by atoms with van der Waals surface area (Å²) in [5, 5.41) is 42.6. The van der Waals surface area contributed by atoms with E-state index in [0.717, 1.165) is 0 Å². The number of carbonyl (C=O) groups is 3. The van der Waals surface area contributed by atoms with E-state index >= 15 is 0 Å². The average Bonchev–Trinajstić information content (AvgIpc) is 2.63. The summed E-state index contributed by atoms with van der Waals surface area (Å²) in [5.41, 5.74) is -7.04. The fourth-order valence-electron chi connectivity index (χ4n) is 4.33. The minimum atomic E-state index is -2.99. The highest BCUT2D eigenvalue weighted by atomic mass is 16.4. The Bertz CT molecular complexity index is 645. The third-order valence-corrected chi connectivity index (χ3v) is 7.46. The van der Waals surface area contributed by atoms with Gasteiger partial charge in [-0.25, -0.2) is 4.79 Å². The first-order chi connectivity index (χ1) is 13.8. The third-order valence-electron chi connectivity index (χ3n) is 7.46. The number of rotatable bonds is 14.